The van der Waals surface area contributed by atoms with E-state index in [9.17, 15) is 0 Å². The maximum absolute atomic E-state index is 2.45. The molecule has 11 aromatic rings. The van der Waals surface area contributed by atoms with Crippen LogP contribution in [0, 0.1) is 0 Å². The first-order valence-electron chi connectivity index (χ1n) is 19.8. The van der Waals surface area contributed by atoms with E-state index in [4.69, 9.17) is 0 Å². The lowest BCUT2D eigenvalue weighted by Crippen LogP contribution is -2.12. The van der Waals surface area contributed by atoms with Gasteiger partial charge in [-0.1, -0.05) is 176 Å². The quantitative estimate of drug-likeness (QED) is 0.157. The molecular formula is C56H37NS. The van der Waals surface area contributed by atoms with Crippen molar-refractivity contribution >= 4 is 70.1 Å². The van der Waals surface area contributed by atoms with E-state index in [0.717, 1.165) is 17.1 Å². The molecule has 0 aliphatic rings. The van der Waals surface area contributed by atoms with Crippen LogP contribution >= 0.6 is 11.3 Å². The highest BCUT2D eigenvalue weighted by atomic mass is 32.1. The van der Waals surface area contributed by atoms with E-state index in [2.05, 4.69) is 229 Å². The first-order valence-corrected chi connectivity index (χ1v) is 20.6. The lowest BCUT2D eigenvalue weighted by atomic mass is 9.95. The van der Waals surface area contributed by atoms with Gasteiger partial charge in [-0.2, -0.15) is 0 Å². The molecule has 0 amide bonds. The average Bonchev–Trinajstić information content (AvgIpc) is 3.67. The molecule has 1 heterocycles. The fourth-order valence-corrected chi connectivity index (χ4v) is 9.69. The van der Waals surface area contributed by atoms with Crippen LogP contribution in [-0.4, -0.2) is 0 Å². The summed E-state index contributed by atoms with van der Waals surface area (Å²) in [7, 11) is 0. The van der Waals surface area contributed by atoms with Gasteiger partial charge in [0.1, 0.15) is 0 Å². The van der Waals surface area contributed by atoms with Gasteiger partial charge in [0.15, 0.2) is 0 Å². The highest BCUT2D eigenvalue weighted by Gasteiger charge is 2.21. The molecule has 0 atom stereocenters. The van der Waals surface area contributed by atoms with Crippen LogP contribution in [0.2, 0.25) is 0 Å². The Balaban J connectivity index is 1.04. The molecule has 0 saturated carbocycles. The van der Waals surface area contributed by atoms with Crippen LogP contribution in [0.1, 0.15) is 0 Å². The summed E-state index contributed by atoms with van der Waals surface area (Å²) in [5, 5.41) is 7.60. The third-order valence-electron chi connectivity index (χ3n) is 11.5. The maximum Gasteiger partial charge on any atom is 0.0540 e. The standard InChI is InChI=1S/C56H37NS/c1-2-14-43-36-44(29-26-38(43)12-1)49-17-5-8-21-53(49)57(54-22-9-6-18-50(54)45-32-35-56-52(37-45)51-19-7-10-23-55(51)58-56)46-33-30-40(31-34-46)39-24-27-42(28-25-39)48-20-11-15-41-13-3-4-16-47(41)48/h1-37H. The maximum atomic E-state index is 2.45. The van der Waals surface area contributed by atoms with E-state index in [0.29, 0.717) is 0 Å². The molecule has 1 aromatic heterocycles. The van der Waals surface area contributed by atoms with Crippen LogP contribution < -0.4 is 4.90 Å². The minimum absolute atomic E-state index is 1.10. The minimum atomic E-state index is 1.10. The van der Waals surface area contributed by atoms with Gasteiger partial charge in [0.05, 0.1) is 11.4 Å². The van der Waals surface area contributed by atoms with E-state index in [-0.39, 0.29) is 0 Å². The van der Waals surface area contributed by atoms with Gasteiger partial charge in [-0.3, -0.25) is 0 Å². The molecule has 58 heavy (non-hydrogen) atoms. The fourth-order valence-electron chi connectivity index (χ4n) is 8.61. The normalized spacial score (nSPS) is 11.4. The highest BCUT2D eigenvalue weighted by molar-refractivity contribution is 7.25. The van der Waals surface area contributed by atoms with E-state index in [1.807, 2.05) is 11.3 Å². The summed E-state index contributed by atoms with van der Waals surface area (Å²) in [6, 6.07) is 82.0. The number of rotatable bonds is 7. The van der Waals surface area contributed by atoms with Gasteiger partial charge >= 0.3 is 0 Å². The van der Waals surface area contributed by atoms with Crippen molar-refractivity contribution in [3.8, 4) is 44.5 Å². The van der Waals surface area contributed by atoms with Crippen LogP contribution in [0.4, 0.5) is 17.1 Å². The Hall–Kier alpha value is -7.26. The average molecular weight is 756 g/mol. The second-order valence-electron chi connectivity index (χ2n) is 14.9. The molecular weight excluding hydrogens is 719 g/mol. The Morgan fingerprint density at radius 3 is 1.53 bits per heavy atom. The van der Waals surface area contributed by atoms with Crippen LogP contribution in [-0.2, 0) is 0 Å². The molecule has 0 unspecified atom stereocenters. The number of hydrogen-bond donors (Lipinski definition) is 0. The molecule has 0 aliphatic carbocycles. The van der Waals surface area contributed by atoms with Crippen molar-refractivity contribution in [2.45, 2.75) is 0 Å². The van der Waals surface area contributed by atoms with Gasteiger partial charge < -0.3 is 4.90 Å². The van der Waals surface area contributed by atoms with Crippen LogP contribution in [0.25, 0.3) is 86.2 Å². The zero-order valence-electron chi connectivity index (χ0n) is 31.7. The number of para-hydroxylation sites is 2. The van der Waals surface area contributed by atoms with E-state index in [1.165, 1.54) is 86.2 Å². The van der Waals surface area contributed by atoms with Crippen molar-refractivity contribution in [3.63, 3.8) is 0 Å². The molecule has 0 N–H and O–H groups in total. The molecule has 0 spiro atoms. The molecule has 11 rings (SSSR count). The Bertz CT molecular complexity index is 3280. The monoisotopic (exact) mass is 755 g/mol. The molecule has 1 nitrogen and oxygen atoms in total. The first-order chi connectivity index (χ1) is 28.7. The van der Waals surface area contributed by atoms with Crippen molar-refractivity contribution in [1.29, 1.82) is 0 Å². The van der Waals surface area contributed by atoms with Crippen molar-refractivity contribution in [1.82, 2.24) is 0 Å². The van der Waals surface area contributed by atoms with Gasteiger partial charge in [0.2, 0.25) is 0 Å². The van der Waals surface area contributed by atoms with Gasteiger partial charge in [-0.15, -0.1) is 11.3 Å². The van der Waals surface area contributed by atoms with Crippen molar-refractivity contribution in [3.05, 3.63) is 224 Å². The molecule has 272 valence electrons. The summed E-state index contributed by atoms with van der Waals surface area (Å²) in [6.45, 7) is 0. The summed E-state index contributed by atoms with van der Waals surface area (Å²) in [4.78, 5) is 2.45. The summed E-state index contributed by atoms with van der Waals surface area (Å²) in [6.07, 6.45) is 0. The number of anilines is 3. The van der Waals surface area contributed by atoms with Gasteiger partial charge in [0, 0.05) is 37.0 Å². The van der Waals surface area contributed by atoms with Crippen molar-refractivity contribution in [2.75, 3.05) is 4.90 Å². The molecule has 0 radical (unpaired) electrons. The highest BCUT2D eigenvalue weighted by Crippen LogP contribution is 2.46. The third-order valence-corrected chi connectivity index (χ3v) is 12.6. The Labute approximate surface area is 342 Å². The predicted molar refractivity (Wildman–Crippen MR) is 251 cm³/mol. The minimum Gasteiger partial charge on any atom is -0.309 e. The summed E-state index contributed by atoms with van der Waals surface area (Å²) >= 11 is 1.86. The molecule has 0 aliphatic heterocycles. The van der Waals surface area contributed by atoms with Crippen molar-refractivity contribution in [2.24, 2.45) is 0 Å². The largest absolute Gasteiger partial charge is 0.309 e. The summed E-state index contributed by atoms with van der Waals surface area (Å²) < 4.78 is 2.62. The second-order valence-corrected chi connectivity index (χ2v) is 16.0. The van der Waals surface area contributed by atoms with Crippen LogP contribution in [0.5, 0.6) is 0 Å². The zero-order chi connectivity index (χ0) is 38.4. The number of fused-ring (bicyclic) bond motifs is 5. The number of benzene rings is 10. The Kier molecular flexibility index (Phi) is 8.42. The predicted octanol–water partition coefficient (Wildman–Crippen LogP) is 16.5. The van der Waals surface area contributed by atoms with Gasteiger partial charge in [-0.25, -0.2) is 0 Å². The summed E-state index contributed by atoms with van der Waals surface area (Å²) in [5.74, 6) is 0. The summed E-state index contributed by atoms with van der Waals surface area (Å²) in [5.41, 5.74) is 12.9. The molecule has 0 bridgehead atoms. The Morgan fingerprint density at radius 1 is 0.276 bits per heavy atom. The second kappa shape index (κ2) is 14.4. The molecule has 0 fully saturated rings. The van der Waals surface area contributed by atoms with E-state index >= 15 is 0 Å². The third kappa shape index (κ3) is 6.03. The smallest absolute Gasteiger partial charge is 0.0540 e. The van der Waals surface area contributed by atoms with E-state index in [1.54, 1.807) is 0 Å². The lowest BCUT2D eigenvalue weighted by Gasteiger charge is -2.30. The SMILES string of the molecule is c1ccc(N(c2ccc(-c3ccc(-c4cccc5ccccc45)cc3)cc2)c2ccccc2-c2ccc3sc4ccccc4c3c2)c(-c2ccc3ccccc3c2)c1. The number of hydrogen-bond acceptors (Lipinski definition) is 2. The zero-order valence-corrected chi connectivity index (χ0v) is 32.5. The Morgan fingerprint density at radius 2 is 0.776 bits per heavy atom. The van der Waals surface area contributed by atoms with Crippen molar-refractivity contribution < 1.29 is 0 Å². The van der Waals surface area contributed by atoms with E-state index < -0.39 is 0 Å². The van der Waals surface area contributed by atoms with Gasteiger partial charge in [-0.05, 0) is 103 Å². The topological polar surface area (TPSA) is 3.24 Å². The lowest BCUT2D eigenvalue weighted by molar-refractivity contribution is 1.28. The number of thiophene rings is 1. The van der Waals surface area contributed by atoms with Crippen LogP contribution in [0.3, 0.4) is 0 Å². The molecule has 0 saturated heterocycles. The molecule has 2 heteroatoms. The molecule has 10 aromatic carbocycles. The van der Waals surface area contributed by atoms with Crippen LogP contribution in [0.15, 0.2) is 224 Å². The van der Waals surface area contributed by atoms with Gasteiger partial charge in [0.25, 0.3) is 0 Å². The first kappa shape index (κ1) is 34.0. The fraction of sp³-hybridized carbons (Fsp3) is 0. The number of nitrogens with zero attached hydrogens (tertiary/aromatic N) is 1.